The standard InChI is InChI=1S/C24H14F2/c25-18-11-7-16(8-12-18)23-20-5-1-3-15-4-2-6-21(22(15)20)24(23)17-9-13-19(26)14-10-17/h1-14H. The van der Waals surface area contributed by atoms with Gasteiger partial charge in [0.15, 0.2) is 0 Å². The van der Waals surface area contributed by atoms with Crippen molar-refractivity contribution in [3.05, 3.63) is 119 Å². The minimum atomic E-state index is -0.258. The van der Waals surface area contributed by atoms with Gasteiger partial charge in [0, 0.05) is 0 Å². The summed E-state index contributed by atoms with van der Waals surface area (Å²) in [5.74, 6) is -0.516. The fourth-order valence-electron chi connectivity index (χ4n) is 3.86. The van der Waals surface area contributed by atoms with E-state index in [0.717, 1.165) is 38.8 Å². The summed E-state index contributed by atoms with van der Waals surface area (Å²) in [6.45, 7) is 0. The van der Waals surface area contributed by atoms with Crippen LogP contribution < -0.4 is 0 Å². The Morgan fingerprint density at radius 2 is 0.885 bits per heavy atom. The monoisotopic (exact) mass is 340 g/mol. The Morgan fingerprint density at radius 1 is 0.462 bits per heavy atom. The first-order valence-corrected chi connectivity index (χ1v) is 8.51. The van der Waals surface area contributed by atoms with Gasteiger partial charge in [0.1, 0.15) is 11.6 Å². The van der Waals surface area contributed by atoms with Crippen molar-refractivity contribution in [3.63, 3.8) is 0 Å². The van der Waals surface area contributed by atoms with Crippen LogP contribution in [0.1, 0.15) is 22.3 Å². The van der Waals surface area contributed by atoms with Crippen LogP contribution >= 0.6 is 0 Å². The second-order valence-corrected chi connectivity index (χ2v) is 6.47. The molecule has 0 amide bonds. The minimum Gasteiger partial charge on any atom is -0.207 e. The first kappa shape index (κ1) is 15.0. The topological polar surface area (TPSA) is 0 Å². The van der Waals surface area contributed by atoms with E-state index in [2.05, 4.69) is 24.3 Å². The first-order valence-electron chi connectivity index (χ1n) is 8.51. The normalized spacial score (nSPS) is 12.8. The summed E-state index contributed by atoms with van der Waals surface area (Å²) >= 11 is 0. The highest BCUT2D eigenvalue weighted by molar-refractivity contribution is 6.20. The largest absolute Gasteiger partial charge is 0.207 e. The van der Waals surface area contributed by atoms with Gasteiger partial charge in [-0.1, -0.05) is 60.7 Å². The number of halogens is 2. The molecule has 0 radical (unpaired) electrons. The van der Waals surface area contributed by atoms with E-state index in [1.807, 2.05) is 12.1 Å². The zero-order chi connectivity index (χ0) is 17.7. The van der Waals surface area contributed by atoms with Gasteiger partial charge in [0.25, 0.3) is 0 Å². The van der Waals surface area contributed by atoms with Gasteiger partial charge in [0.2, 0.25) is 0 Å². The summed E-state index contributed by atoms with van der Waals surface area (Å²) in [6.07, 6.45) is 0. The van der Waals surface area contributed by atoms with Gasteiger partial charge in [-0.25, -0.2) is 8.78 Å². The molecule has 0 aromatic heterocycles. The highest BCUT2D eigenvalue weighted by atomic mass is 19.1. The summed E-state index contributed by atoms with van der Waals surface area (Å²) in [5.41, 5.74) is 6.28. The van der Waals surface area contributed by atoms with Crippen LogP contribution in [0.25, 0.3) is 21.9 Å². The molecule has 0 nitrogen and oxygen atoms in total. The molecule has 0 bridgehead atoms. The third-order valence-corrected chi connectivity index (χ3v) is 4.96. The van der Waals surface area contributed by atoms with Crippen LogP contribution in [-0.2, 0) is 0 Å². The molecule has 0 unspecified atom stereocenters. The molecule has 0 N–H and O–H groups in total. The molecule has 1 aliphatic rings. The quantitative estimate of drug-likeness (QED) is 0.347. The van der Waals surface area contributed by atoms with E-state index in [4.69, 9.17) is 0 Å². The highest BCUT2D eigenvalue weighted by Crippen LogP contribution is 2.47. The van der Waals surface area contributed by atoms with Crippen molar-refractivity contribution in [1.29, 1.82) is 0 Å². The number of benzene rings is 4. The van der Waals surface area contributed by atoms with Crippen molar-refractivity contribution in [2.75, 3.05) is 0 Å². The SMILES string of the molecule is Fc1ccc(C2=C(c3ccc(F)cc3)c3cccc4cccc2c34)cc1. The molecule has 124 valence electrons. The maximum atomic E-state index is 13.5. The van der Waals surface area contributed by atoms with Gasteiger partial charge in [-0.15, -0.1) is 0 Å². The average Bonchev–Trinajstić information content (AvgIpc) is 3.00. The van der Waals surface area contributed by atoms with Crippen molar-refractivity contribution in [1.82, 2.24) is 0 Å². The lowest BCUT2D eigenvalue weighted by Crippen LogP contribution is -1.91. The van der Waals surface area contributed by atoms with Gasteiger partial charge < -0.3 is 0 Å². The van der Waals surface area contributed by atoms with Crippen molar-refractivity contribution in [2.24, 2.45) is 0 Å². The fraction of sp³-hybridized carbons (Fsp3) is 0. The minimum absolute atomic E-state index is 0.258. The number of hydrogen-bond acceptors (Lipinski definition) is 0. The summed E-state index contributed by atoms with van der Waals surface area (Å²) in [7, 11) is 0. The summed E-state index contributed by atoms with van der Waals surface area (Å²) in [6, 6.07) is 25.6. The molecule has 4 aromatic rings. The summed E-state index contributed by atoms with van der Waals surface area (Å²) in [4.78, 5) is 0. The predicted octanol–water partition coefficient (Wildman–Crippen LogP) is 6.44. The maximum Gasteiger partial charge on any atom is 0.123 e. The van der Waals surface area contributed by atoms with Crippen LogP contribution in [0.5, 0.6) is 0 Å². The summed E-state index contributed by atoms with van der Waals surface area (Å²) in [5, 5.41) is 2.35. The van der Waals surface area contributed by atoms with E-state index in [1.54, 1.807) is 24.3 Å². The lowest BCUT2D eigenvalue weighted by atomic mass is 9.92. The van der Waals surface area contributed by atoms with Crippen molar-refractivity contribution in [3.8, 4) is 0 Å². The van der Waals surface area contributed by atoms with Crippen LogP contribution in [0.4, 0.5) is 8.78 Å². The number of rotatable bonds is 2. The van der Waals surface area contributed by atoms with Gasteiger partial charge in [0.05, 0.1) is 0 Å². The Hall–Kier alpha value is -3.26. The Labute approximate surface area is 150 Å². The van der Waals surface area contributed by atoms with E-state index < -0.39 is 0 Å². The van der Waals surface area contributed by atoms with Crippen LogP contribution in [0, 0.1) is 11.6 Å². The molecule has 0 spiro atoms. The smallest absolute Gasteiger partial charge is 0.123 e. The van der Waals surface area contributed by atoms with Crippen molar-refractivity contribution >= 4 is 21.9 Å². The lowest BCUT2D eigenvalue weighted by molar-refractivity contribution is 0.627. The van der Waals surface area contributed by atoms with Gasteiger partial charge in [-0.05, 0) is 68.4 Å². The molecule has 0 fully saturated rings. The zero-order valence-corrected chi connectivity index (χ0v) is 13.8. The third-order valence-electron chi connectivity index (χ3n) is 4.96. The lowest BCUT2D eigenvalue weighted by Gasteiger charge is -2.11. The molecule has 0 atom stereocenters. The molecular formula is C24H14F2. The van der Waals surface area contributed by atoms with Gasteiger partial charge >= 0.3 is 0 Å². The molecule has 0 saturated heterocycles. The van der Waals surface area contributed by atoms with Crippen LogP contribution in [0.15, 0.2) is 84.9 Å². The zero-order valence-electron chi connectivity index (χ0n) is 13.8. The average molecular weight is 340 g/mol. The molecule has 0 aliphatic heterocycles. The van der Waals surface area contributed by atoms with E-state index in [0.29, 0.717) is 0 Å². The molecule has 2 heteroatoms. The fourth-order valence-corrected chi connectivity index (χ4v) is 3.86. The predicted molar refractivity (Wildman–Crippen MR) is 102 cm³/mol. The molecule has 0 heterocycles. The molecular weight excluding hydrogens is 326 g/mol. The Bertz CT molecular complexity index is 1080. The van der Waals surface area contributed by atoms with Crippen LogP contribution in [0.3, 0.4) is 0 Å². The molecule has 5 rings (SSSR count). The Morgan fingerprint density at radius 3 is 1.31 bits per heavy atom. The molecule has 1 aliphatic carbocycles. The van der Waals surface area contributed by atoms with Crippen molar-refractivity contribution in [2.45, 2.75) is 0 Å². The van der Waals surface area contributed by atoms with E-state index in [-0.39, 0.29) is 11.6 Å². The molecule has 4 aromatic carbocycles. The van der Waals surface area contributed by atoms with Crippen LogP contribution in [0.2, 0.25) is 0 Å². The molecule has 0 saturated carbocycles. The van der Waals surface area contributed by atoms with Crippen LogP contribution in [-0.4, -0.2) is 0 Å². The third kappa shape index (κ3) is 2.19. The van der Waals surface area contributed by atoms with Crippen molar-refractivity contribution < 1.29 is 8.78 Å². The second kappa shape index (κ2) is 5.63. The second-order valence-electron chi connectivity index (χ2n) is 6.47. The Kier molecular flexibility index (Phi) is 3.26. The van der Waals surface area contributed by atoms with E-state index in [1.165, 1.54) is 29.7 Å². The summed E-state index contributed by atoms with van der Waals surface area (Å²) < 4.78 is 26.9. The Balaban J connectivity index is 1.88. The van der Waals surface area contributed by atoms with E-state index >= 15 is 0 Å². The number of hydrogen-bond donors (Lipinski definition) is 0. The first-order chi connectivity index (χ1) is 12.7. The maximum absolute atomic E-state index is 13.5. The highest BCUT2D eigenvalue weighted by Gasteiger charge is 2.25. The van der Waals surface area contributed by atoms with Gasteiger partial charge in [-0.2, -0.15) is 0 Å². The van der Waals surface area contributed by atoms with Gasteiger partial charge in [-0.3, -0.25) is 0 Å². The molecule has 26 heavy (non-hydrogen) atoms. The van der Waals surface area contributed by atoms with E-state index in [9.17, 15) is 8.78 Å².